The van der Waals surface area contributed by atoms with E-state index in [-0.39, 0.29) is 24.9 Å². The van der Waals surface area contributed by atoms with Crippen molar-refractivity contribution in [1.82, 2.24) is 0 Å². The number of hydrogen-bond acceptors (Lipinski definition) is 4. The number of unbranched alkanes of at least 4 members (excludes halogenated alkanes) is 3. The molecule has 0 heterocycles. The monoisotopic (exact) mass is 330 g/mol. The first kappa shape index (κ1) is 21.4. The van der Waals surface area contributed by atoms with E-state index in [2.05, 4.69) is 13.8 Å². The lowest BCUT2D eigenvalue weighted by Gasteiger charge is -2.17. The molecule has 0 aromatic rings. The molecule has 23 heavy (non-hydrogen) atoms. The van der Waals surface area contributed by atoms with Gasteiger partial charge in [0, 0.05) is 6.42 Å². The maximum Gasteiger partial charge on any atom is 0.317 e. The standard InChI is InChI=1S/C17H30O6/c1-3-5-9-13(10-6-4-2)23-15(18)12-8-7-11-14(16(19)20)17(21)22/h13-14H,3-12H2,1-2H3,(H,19,20)(H,21,22). The van der Waals surface area contributed by atoms with Crippen LogP contribution in [0.15, 0.2) is 0 Å². The van der Waals surface area contributed by atoms with E-state index in [1.165, 1.54) is 0 Å². The fourth-order valence-electron chi connectivity index (χ4n) is 2.34. The van der Waals surface area contributed by atoms with Crippen molar-refractivity contribution in [3.05, 3.63) is 0 Å². The average Bonchev–Trinajstić information content (AvgIpc) is 2.48. The zero-order valence-corrected chi connectivity index (χ0v) is 14.3. The number of aliphatic carboxylic acids is 2. The molecule has 0 aliphatic rings. The van der Waals surface area contributed by atoms with Gasteiger partial charge in [0.25, 0.3) is 0 Å². The van der Waals surface area contributed by atoms with E-state index in [4.69, 9.17) is 14.9 Å². The van der Waals surface area contributed by atoms with Crippen LogP contribution in [0.2, 0.25) is 0 Å². The molecule has 6 nitrogen and oxygen atoms in total. The molecule has 0 saturated carbocycles. The topological polar surface area (TPSA) is 101 Å². The lowest BCUT2D eigenvalue weighted by Crippen LogP contribution is -2.23. The van der Waals surface area contributed by atoms with Crippen LogP contribution in [0.1, 0.15) is 78.1 Å². The first-order valence-electron chi connectivity index (χ1n) is 8.57. The normalized spacial score (nSPS) is 11.0. The Bertz CT molecular complexity index is 344. The Morgan fingerprint density at radius 2 is 1.35 bits per heavy atom. The van der Waals surface area contributed by atoms with E-state index < -0.39 is 17.9 Å². The average molecular weight is 330 g/mol. The molecule has 0 aromatic heterocycles. The fourth-order valence-corrected chi connectivity index (χ4v) is 2.34. The van der Waals surface area contributed by atoms with E-state index >= 15 is 0 Å². The summed E-state index contributed by atoms with van der Waals surface area (Å²) in [7, 11) is 0. The first-order chi connectivity index (χ1) is 10.9. The highest BCUT2D eigenvalue weighted by molar-refractivity contribution is 5.92. The van der Waals surface area contributed by atoms with Crippen molar-refractivity contribution in [2.45, 2.75) is 84.2 Å². The van der Waals surface area contributed by atoms with E-state index in [9.17, 15) is 14.4 Å². The summed E-state index contributed by atoms with van der Waals surface area (Å²) in [5, 5.41) is 17.5. The predicted octanol–water partition coefficient (Wildman–Crippen LogP) is 3.62. The summed E-state index contributed by atoms with van der Waals surface area (Å²) < 4.78 is 5.49. The van der Waals surface area contributed by atoms with Gasteiger partial charge in [0.05, 0.1) is 0 Å². The van der Waals surface area contributed by atoms with E-state index in [0.29, 0.717) is 12.8 Å². The molecular formula is C17H30O6. The highest BCUT2D eigenvalue weighted by Crippen LogP contribution is 2.15. The van der Waals surface area contributed by atoms with Gasteiger partial charge in [-0.25, -0.2) is 0 Å². The maximum absolute atomic E-state index is 11.8. The molecule has 0 aliphatic carbocycles. The zero-order valence-electron chi connectivity index (χ0n) is 14.3. The van der Waals surface area contributed by atoms with Gasteiger partial charge in [0.1, 0.15) is 6.10 Å². The molecule has 0 rings (SSSR count). The SMILES string of the molecule is CCCCC(CCCC)OC(=O)CCCCC(C(=O)O)C(=O)O. The van der Waals surface area contributed by atoms with Crippen LogP contribution in [0.5, 0.6) is 0 Å². The Morgan fingerprint density at radius 3 is 1.78 bits per heavy atom. The van der Waals surface area contributed by atoms with Crippen LogP contribution < -0.4 is 0 Å². The number of hydrogen-bond donors (Lipinski definition) is 2. The van der Waals surface area contributed by atoms with Gasteiger partial charge >= 0.3 is 17.9 Å². The minimum atomic E-state index is -1.40. The number of carbonyl (C=O) groups excluding carboxylic acids is 1. The molecule has 0 saturated heterocycles. The van der Waals surface area contributed by atoms with Crippen LogP contribution in [-0.2, 0) is 19.1 Å². The summed E-state index contributed by atoms with van der Waals surface area (Å²) in [4.78, 5) is 33.3. The van der Waals surface area contributed by atoms with Crippen LogP contribution >= 0.6 is 0 Å². The van der Waals surface area contributed by atoms with Crippen molar-refractivity contribution in [2.75, 3.05) is 0 Å². The predicted molar refractivity (Wildman–Crippen MR) is 86.2 cm³/mol. The molecule has 6 heteroatoms. The van der Waals surface area contributed by atoms with Crippen molar-refractivity contribution in [1.29, 1.82) is 0 Å². The van der Waals surface area contributed by atoms with E-state index in [1.54, 1.807) is 0 Å². The molecule has 0 aliphatic heterocycles. The number of carboxylic acids is 2. The van der Waals surface area contributed by atoms with Crippen LogP contribution in [-0.4, -0.2) is 34.2 Å². The number of carboxylic acid groups (broad SMARTS) is 2. The highest BCUT2D eigenvalue weighted by Gasteiger charge is 2.25. The second-order valence-electron chi connectivity index (χ2n) is 5.87. The Labute approximate surface area is 138 Å². The number of esters is 1. The molecule has 0 atom stereocenters. The van der Waals surface area contributed by atoms with Gasteiger partial charge in [-0.05, 0) is 25.7 Å². The second-order valence-corrected chi connectivity index (χ2v) is 5.87. The summed E-state index contributed by atoms with van der Waals surface area (Å²) in [6, 6.07) is 0. The number of carbonyl (C=O) groups is 3. The van der Waals surface area contributed by atoms with E-state index in [1.807, 2.05) is 0 Å². The minimum Gasteiger partial charge on any atom is -0.481 e. The third-order valence-corrected chi connectivity index (χ3v) is 3.78. The molecule has 2 N–H and O–H groups in total. The van der Waals surface area contributed by atoms with Crippen LogP contribution in [0.25, 0.3) is 0 Å². The molecule has 0 radical (unpaired) electrons. The summed E-state index contributed by atoms with van der Waals surface area (Å²) in [5.41, 5.74) is 0. The van der Waals surface area contributed by atoms with Crippen LogP contribution in [0.4, 0.5) is 0 Å². The molecule has 0 spiro atoms. The van der Waals surface area contributed by atoms with Crippen LogP contribution in [0, 0.1) is 5.92 Å². The summed E-state index contributed by atoms with van der Waals surface area (Å²) >= 11 is 0. The molecule has 134 valence electrons. The van der Waals surface area contributed by atoms with Gasteiger partial charge in [-0.3, -0.25) is 14.4 Å². The van der Waals surface area contributed by atoms with Gasteiger partial charge in [-0.2, -0.15) is 0 Å². The summed E-state index contributed by atoms with van der Waals surface area (Å²) in [6.45, 7) is 4.19. The Kier molecular flexibility index (Phi) is 12.0. The van der Waals surface area contributed by atoms with Crippen molar-refractivity contribution >= 4 is 17.9 Å². The van der Waals surface area contributed by atoms with Gasteiger partial charge in [0.15, 0.2) is 5.92 Å². The van der Waals surface area contributed by atoms with Gasteiger partial charge < -0.3 is 14.9 Å². The molecule has 0 aromatic carbocycles. The smallest absolute Gasteiger partial charge is 0.317 e. The van der Waals surface area contributed by atoms with Crippen molar-refractivity contribution in [2.24, 2.45) is 5.92 Å². The van der Waals surface area contributed by atoms with E-state index in [0.717, 1.165) is 38.5 Å². The lowest BCUT2D eigenvalue weighted by molar-refractivity contribution is -0.154. The van der Waals surface area contributed by atoms with Gasteiger partial charge in [-0.15, -0.1) is 0 Å². The maximum atomic E-state index is 11.8. The number of rotatable bonds is 14. The van der Waals surface area contributed by atoms with Gasteiger partial charge in [-0.1, -0.05) is 46.0 Å². The van der Waals surface area contributed by atoms with Crippen molar-refractivity contribution < 1.29 is 29.3 Å². The zero-order chi connectivity index (χ0) is 17.7. The molecular weight excluding hydrogens is 300 g/mol. The van der Waals surface area contributed by atoms with Crippen LogP contribution in [0.3, 0.4) is 0 Å². The quantitative estimate of drug-likeness (QED) is 0.286. The Hall–Kier alpha value is -1.59. The largest absolute Gasteiger partial charge is 0.481 e. The molecule has 0 unspecified atom stereocenters. The molecule has 0 fully saturated rings. The number of ether oxygens (including phenoxy) is 1. The Morgan fingerprint density at radius 1 is 0.826 bits per heavy atom. The fraction of sp³-hybridized carbons (Fsp3) is 0.824. The molecule has 0 amide bonds. The third-order valence-electron chi connectivity index (χ3n) is 3.78. The first-order valence-corrected chi connectivity index (χ1v) is 8.57. The second kappa shape index (κ2) is 12.9. The summed E-state index contributed by atoms with van der Waals surface area (Å²) in [6.07, 6.45) is 6.97. The minimum absolute atomic E-state index is 0.0341. The Balaban J connectivity index is 4.06. The third kappa shape index (κ3) is 10.7. The van der Waals surface area contributed by atoms with Gasteiger partial charge in [0.2, 0.25) is 0 Å². The van der Waals surface area contributed by atoms with Crippen molar-refractivity contribution in [3.8, 4) is 0 Å². The lowest BCUT2D eigenvalue weighted by atomic mass is 10.0. The highest BCUT2D eigenvalue weighted by atomic mass is 16.5. The van der Waals surface area contributed by atoms with Crippen molar-refractivity contribution in [3.63, 3.8) is 0 Å². The summed E-state index contributed by atoms with van der Waals surface area (Å²) in [5.74, 6) is -4.34. The molecule has 0 bridgehead atoms.